The normalized spacial score (nSPS) is 10.0. The second-order valence-electron chi connectivity index (χ2n) is 4.96. The number of benzene rings is 2. The standard InChI is InChI=1S/C19H13BrN2O3S/c20-16-10-8-15(9-11-16)18(23)24-12-4-5-13-26-19-22-21-17(25-19)14-6-2-1-3-7-14/h1-3,6-11H,12-13H2. The van der Waals surface area contributed by atoms with Crippen molar-refractivity contribution in [3.8, 4) is 23.3 Å². The molecule has 26 heavy (non-hydrogen) atoms. The number of aromatic nitrogens is 2. The van der Waals surface area contributed by atoms with Crippen molar-refractivity contribution in [2.24, 2.45) is 0 Å². The number of hydrogen-bond acceptors (Lipinski definition) is 6. The average Bonchev–Trinajstić information content (AvgIpc) is 3.14. The van der Waals surface area contributed by atoms with Crippen LogP contribution in [0.2, 0.25) is 0 Å². The number of carbonyl (C=O) groups excluding carboxylic acids is 1. The van der Waals surface area contributed by atoms with Gasteiger partial charge in [0, 0.05) is 10.0 Å². The van der Waals surface area contributed by atoms with Gasteiger partial charge in [0.15, 0.2) is 6.61 Å². The molecule has 3 aromatic rings. The van der Waals surface area contributed by atoms with Crippen LogP contribution in [-0.4, -0.2) is 28.5 Å². The average molecular weight is 429 g/mol. The Morgan fingerprint density at radius 2 is 1.85 bits per heavy atom. The minimum Gasteiger partial charge on any atom is -0.449 e. The van der Waals surface area contributed by atoms with Crippen molar-refractivity contribution in [3.63, 3.8) is 0 Å². The first-order valence-corrected chi connectivity index (χ1v) is 9.40. The monoisotopic (exact) mass is 428 g/mol. The van der Waals surface area contributed by atoms with Gasteiger partial charge in [-0.3, -0.25) is 0 Å². The number of ether oxygens (including phenoxy) is 1. The molecule has 0 spiro atoms. The van der Waals surface area contributed by atoms with Crippen molar-refractivity contribution >= 4 is 33.7 Å². The second kappa shape index (κ2) is 9.22. The smallest absolute Gasteiger partial charge is 0.339 e. The molecule has 0 N–H and O–H groups in total. The summed E-state index contributed by atoms with van der Waals surface area (Å²) in [7, 11) is 0. The van der Waals surface area contributed by atoms with Crippen molar-refractivity contribution in [2.75, 3.05) is 12.4 Å². The summed E-state index contributed by atoms with van der Waals surface area (Å²) in [4.78, 5) is 11.8. The van der Waals surface area contributed by atoms with Crippen LogP contribution in [0.15, 0.2) is 68.7 Å². The summed E-state index contributed by atoms with van der Waals surface area (Å²) in [5.41, 5.74) is 1.36. The van der Waals surface area contributed by atoms with Gasteiger partial charge in [0.05, 0.1) is 11.3 Å². The molecule has 2 aromatic carbocycles. The van der Waals surface area contributed by atoms with E-state index in [0.29, 0.717) is 22.4 Å². The third-order valence-electron chi connectivity index (χ3n) is 3.18. The van der Waals surface area contributed by atoms with E-state index in [1.54, 1.807) is 24.3 Å². The molecule has 0 amide bonds. The molecule has 3 rings (SSSR count). The van der Waals surface area contributed by atoms with Gasteiger partial charge in [0.1, 0.15) is 0 Å². The lowest BCUT2D eigenvalue weighted by Gasteiger charge is -2.00. The van der Waals surface area contributed by atoms with Gasteiger partial charge < -0.3 is 9.15 Å². The maximum absolute atomic E-state index is 11.8. The van der Waals surface area contributed by atoms with Crippen LogP contribution < -0.4 is 0 Å². The number of rotatable bonds is 5. The minimum absolute atomic E-state index is 0.0363. The summed E-state index contributed by atoms with van der Waals surface area (Å²) in [6.45, 7) is 0.0363. The predicted octanol–water partition coefficient (Wildman–Crippen LogP) is 4.45. The molecule has 0 aliphatic heterocycles. The predicted molar refractivity (Wildman–Crippen MR) is 103 cm³/mol. The molecule has 0 radical (unpaired) electrons. The Bertz CT molecular complexity index is 931. The quantitative estimate of drug-likeness (QED) is 0.339. The Kier molecular flexibility index (Phi) is 6.47. The van der Waals surface area contributed by atoms with Crippen LogP contribution >= 0.6 is 27.7 Å². The van der Waals surface area contributed by atoms with E-state index in [0.717, 1.165) is 10.0 Å². The number of halogens is 1. The van der Waals surface area contributed by atoms with Crippen LogP contribution in [0.5, 0.6) is 0 Å². The molecule has 0 saturated carbocycles. The maximum Gasteiger partial charge on any atom is 0.339 e. The Balaban J connectivity index is 1.42. The molecule has 0 aliphatic carbocycles. The van der Waals surface area contributed by atoms with E-state index < -0.39 is 5.97 Å². The van der Waals surface area contributed by atoms with Crippen LogP contribution in [-0.2, 0) is 4.74 Å². The zero-order chi connectivity index (χ0) is 18.2. The summed E-state index contributed by atoms with van der Waals surface area (Å²) in [5, 5.41) is 8.43. The summed E-state index contributed by atoms with van der Waals surface area (Å²) in [6.07, 6.45) is 0. The SMILES string of the molecule is O=C(OCC#CCSc1nnc(-c2ccccc2)o1)c1ccc(Br)cc1. The largest absolute Gasteiger partial charge is 0.449 e. The van der Waals surface area contributed by atoms with Gasteiger partial charge in [-0.15, -0.1) is 10.2 Å². The number of esters is 1. The fraction of sp³-hybridized carbons (Fsp3) is 0.105. The van der Waals surface area contributed by atoms with Gasteiger partial charge in [-0.2, -0.15) is 0 Å². The van der Waals surface area contributed by atoms with Crippen molar-refractivity contribution in [2.45, 2.75) is 5.22 Å². The Hall–Kier alpha value is -2.56. The first-order chi connectivity index (χ1) is 12.7. The molecule has 0 saturated heterocycles. The second-order valence-corrected chi connectivity index (χ2v) is 6.81. The number of carbonyl (C=O) groups is 1. The Morgan fingerprint density at radius 1 is 1.08 bits per heavy atom. The van der Waals surface area contributed by atoms with Crippen LogP contribution in [0.25, 0.3) is 11.5 Å². The molecule has 0 aliphatic rings. The lowest BCUT2D eigenvalue weighted by atomic mass is 10.2. The fourth-order valence-corrected chi connectivity index (χ4v) is 2.73. The number of thioether (sulfide) groups is 1. The molecular weight excluding hydrogens is 416 g/mol. The number of nitrogens with zero attached hydrogens (tertiary/aromatic N) is 2. The van der Waals surface area contributed by atoms with Crippen LogP contribution in [0.4, 0.5) is 0 Å². The van der Waals surface area contributed by atoms with Gasteiger partial charge in [-0.25, -0.2) is 4.79 Å². The molecule has 0 unspecified atom stereocenters. The molecular formula is C19H13BrN2O3S. The zero-order valence-electron chi connectivity index (χ0n) is 13.5. The van der Waals surface area contributed by atoms with E-state index in [9.17, 15) is 4.79 Å². The first-order valence-electron chi connectivity index (χ1n) is 7.62. The lowest BCUT2D eigenvalue weighted by Crippen LogP contribution is -2.04. The summed E-state index contributed by atoms with van der Waals surface area (Å²) in [6, 6.07) is 16.5. The van der Waals surface area contributed by atoms with Crippen molar-refractivity contribution < 1.29 is 13.9 Å². The molecule has 0 atom stereocenters. The highest BCUT2D eigenvalue weighted by Crippen LogP contribution is 2.22. The first kappa shape index (κ1) is 18.2. The Labute approximate surface area is 163 Å². The maximum atomic E-state index is 11.8. The van der Waals surface area contributed by atoms with Crippen molar-refractivity contribution in [1.29, 1.82) is 0 Å². The van der Waals surface area contributed by atoms with E-state index in [1.807, 2.05) is 30.3 Å². The van der Waals surface area contributed by atoms with E-state index >= 15 is 0 Å². The molecule has 1 aromatic heterocycles. The van der Waals surface area contributed by atoms with E-state index in [-0.39, 0.29) is 6.61 Å². The third-order valence-corrected chi connectivity index (χ3v) is 4.40. The van der Waals surface area contributed by atoms with E-state index in [4.69, 9.17) is 9.15 Å². The molecule has 5 nitrogen and oxygen atoms in total. The van der Waals surface area contributed by atoms with Crippen LogP contribution in [0.1, 0.15) is 10.4 Å². The van der Waals surface area contributed by atoms with E-state index in [2.05, 4.69) is 38.0 Å². The molecule has 1 heterocycles. The highest BCUT2D eigenvalue weighted by atomic mass is 79.9. The van der Waals surface area contributed by atoms with Gasteiger partial charge in [-0.05, 0) is 36.4 Å². The highest BCUT2D eigenvalue weighted by Gasteiger charge is 2.08. The summed E-state index contributed by atoms with van der Waals surface area (Å²) >= 11 is 4.65. The van der Waals surface area contributed by atoms with Crippen LogP contribution in [0.3, 0.4) is 0 Å². The molecule has 130 valence electrons. The molecule has 0 bridgehead atoms. The summed E-state index contributed by atoms with van der Waals surface area (Å²) in [5.74, 6) is 6.23. The van der Waals surface area contributed by atoms with Gasteiger partial charge in [-0.1, -0.05) is 57.7 Å². The highest BCUT2D eigenvalue weighted by molar-refractivity contribution is 9.10. The minimum atomic E-state index is -0.399. The summed E-state index contributed by atoms with van der Waals surface area (Å²) < 4.78 is 11.6. The van der Waals surface area contributed by atoms with Gasteiger partial charge >= 0.3 is 5.97 Å². The van der Waals surface area contributed by atoms with Crippen molar-refractivity contribution in [3.05, 3.63) is 64.6 Å². The lowest BCUT2D eigenvalue weighted by molar-refractivity contribution is 0.0556. The van der Waals surface area contributed by atoms with E-state index in [1.165, 1.54) is 11.8 Å². The topological polar surface area (TPSA) is 65.2 Å². The molecule has 0 fully saturated rings. The van der Waals surface area contributed by atoms with Gasteiger partial charge in [0.2, 0.25) is 5.89 Å². The molecule has 7 heteroatoms. The zero-order valence-corrected chi connectivity index (χ0v) is 15.9. The van der Waals surface area contributed by atoms with Gasteiger partial charge in [0.25, 0.3) is 5.22 Å². The van der Waals surface area contributed by atoms with Crippen LogP contribution in [0, 0.1) is 11.8 Å². The number of hydrogen-bond donors (Lipinski definition) is 0. The van der Waals surface area contributed by atoms with Crippen molar-refractivity contribution in [1.82, 2.24) is 10.2 Å². The fourth-order valence-electron chi connectivity index (χ4n) is 1.94. The third kappa shape index (κ3) is 5.22. The Morgan fingerprint density at radius 3 is 2.62 bits per heavy atom.